The number of thiazole rings is 1. The molecular formula is C9H9NOS2. The minimum absolute atomic E-state index is 0.502. The average Bonchev–Trinajstić information content (AvgIpc) is 2.72. The zero-order chi connectivity index (χ0) is 9.26. The fraction of sp³-hybridized carbons (Fsp3) is 0.222. The molecule has 0 saturated heterocycles. The molecule has 1 unspecified atom stereocenters. The molecule has 2 rings (SSSR count). The Labute approximate surface area is 84.5 Å². The molecule has 0 bridgehead atoms. The molecule has 0 aromatic carbocycles. The number of nitrogens with zero attached hydrogens (tertiary/aromatic N) is 1. The third-order valence-corrected chi connectivity index (χ3v) is 3.43. The van der Waals surface area contributed by atoms with Crippen molar-refractivity contribution in [1.29, 1.82) is 0 Å². The molecule has 0 saturated carbocycles. The Hall–Kier alpha value is -0.710. The molecule has 2 aromatic rings. The first-order valence-electron chi connectivity index (χ1n) is 3.90. The van der Waals surface area contributed by atoms with Gasteiger partial charge in [-0.3, -0.25) is 0 Å². The van der Waals surface area contributed by atoms with Gasteiger partial charge in [0.05, 0.1) is 9.88 Å². The summed E-state index contributed by atoms with van der Waals surface area (Å²) in [6, 6.07) is 1.93. The van der Waals surface area contributed by atoms with Crippen LogP contribution in [0.25, 0.3) is 0 Å². The molecule has 0 aliphatic carbocycles. The van der Waals surface area contributed by atoms with Crippen LogP contribution < -0.4 is 0 Å². The van der Waals surface area contributed by atoms with Crippen LogP contribution in [0.3, 0.4) is 0 Å². The standard InChI is InChI=1S/C9H9NOS2/c1-6-10-4-8(13-6)9(11)7-2-3-12-5-7/h2-5,9,11H,1H3. The van der Waals surface area contributed by atoms with Crippen molar-refractivity contribution < 1.29 is 5.11 Å². The van der Waals surface area contributed by atoms with Gasteiger partial charge in [0.15, 0.2) is 0 Å². The quantitative estimate of drug-likeness (QED) is 0.828. The van der Waals surface area contributed by atoms with Gasteiger partial charge in [0, 0.05) is 6.20 Å². The van der Waals surface area contributed by atoms with Crippen molar-refractivity contribution in [1.82, 2.24) is 4.98 Å². The van der Waals surface area contributed by atoms with Gasteiger partial charge in [0.1, 0.15) is 6.10 Å². The molecule has 0 aliphatic rings. The van der Waals surface area contributed by atoms with Gasteiger partial charge >= 0.3 is 0 Å². The van der Waals surface area contributed by atoms with Gasteiger partial charge in [-0.15, -0.1) is 11.3 Å². The lowest BCUT2D eigenvalue weighted by Crippen LogP contribution is -1.93. The molecule has 2 aromatic heterocycles. The van der Waals surface area contributed by atoms with E-state index in [2.05, 4.69) is 4.98 Å². The summed E-state index contributed by atoms with van der Waals surface area (Å²) in [4.78, 5) is 5.02. The lowest BCUT2D eigenvalue weighted by molar-refractivity contribution is 0.224. The lowest BCUT2D eigenvalue weighted by atomic mass is 10.2. The Balaban J connectivity index is 2.28. The summed E-state index contributed by atoms with van der Waals surface area (Å²) in [5, 5.41) is 14.8. The Morgan fingerprint density at radius 3 is 2.92 bits per heavy atom. The van der Waals surface area contributed by atoms with E-state index < -0.39 is 6.10 Å². The van der Waals surface area contributed by atoms with E-state index >= 15 is 0 Å². The second-order valence-corrected chi connectivity index (χ2v) is 4.79. The molecule has 0 spiro atoms. The predicted octanol–water partition coefficient (Wildman–Crippen LogP) is 2.59. The van der Waals surface area contributed by atoms with Crippen LogP contribution in [0.5, 0.6) is 0 Å². The Bertz CT molecular complexity index is 380. The zero-order valence-electron chi connectivity index (χ0n) is 7.10. The normalized spacial score (nSPS) is 13.1. The van der Waals surface area contributed by atoms with Crippen LogP contribution in [-0.4, -0.2) is 10.1 Å². The van der Waals surface area contributed by atoms with Crippen LogP contribution in [-0.2, 0) is 0 Å². The Morgan fingerprint density at radius 1 is 1.54 bits per heavy atom. The van der Waals surface area contributed by atoms with Crippen molar-refractivity contribution in [2.75, 3.05) is 0 Å². The third kappa shape index (κ3) is 1.80. The maximum atomic E-state index is 9.87. The first-order chi connectivity index (χ1) is 6.27. The van der Waals surface area contributed by atoms with Gasteiger partial charge in [-0.2, -0.15) is 11.3 Å². The monoisotopic (exact) mass is 211 g/mol. The predicted molar refractivity (Wildman–Crippen MR) is 55.2 cm³/mol. The van der Waals surface area contributed by atoms with E-state index in [9.17, 15) is 5.11 Å². The minimum atomic E-state index is -0.502. The number of hydrogen-bond acceptors (Lipinski definition) is 4. The number of aromatic nitrogens is 1. The first-order valence-corrected chi connectivity index (χ1v) is 5.66. The molecule has 13 heavy (non-hydrogen) atoms. The third-order valence-electron chi connectivity index (χ3n) is 1.77. The largest absolute Gasteiger partial charge is 0.383 e. The minimum Gasteiger partial charge on any atom is -0.383 e. The second kappa shape index (κ2) is 3.57. The smallest absolute Gasteiger partial charge is 0.116 e. The maximum Gasteiger partial charge on any atom is 0.116 e. The molecular weight excluding hydrogens is 202 g/mol. The number of aliphatic hydroxyl groups excluding tert-OH is 1. The maximum absolute atomic E-state index is 9.87. The van der Waals surface area contributed by atoms with Crippen LogP contribution in [0.15, 0.2) is 23.0 Å². The highest BCUT2D eigenvalue weighted by Crippen LogP contribution is 2.27. The van der Waals surface area contributed by atoms with Crippen LogP contribution in [0, 0.1) is 6.92 Å². The fourth-order valence-electron chi connectivity index (χ4n) is 1.10. The molecule has 0 aliphatic heterocycles. The van der Waals surface area contributed by atoms with E-state index in [1.165, 1.54) is 11.3 Å². The van der Waals surface area contributed by atoms with Gasteiger partial charge in [0.2, 0.25) is 0 Å². The van der Waals surface area contributed by atoms with E-state index in [1.807, 2.05) is 23.8 Å². The van der Waals surface area contributed by atoms with Crippen LogP contribution >= 0.6 is 22.7 Å². The van der Waals surface area contributed by atoms with Crippen molar-refractivity contribution in [2.24, 2.45) is 0 Å². The fourth-order valence-corrected chi connectivity index (χ4v) is 2.58. The number of aliphatic hydroxyl groups is 1. The molecule has 2 nitrogen and oxygen atoms in total. The first kappa shape index (κ1) is 8.87. The molecule has 2 heterocycles. The van der Waals surface area contributed by atoms with E-state index in [1.54, 1.807) is 17.5 Å². The van der Waals surface area contributed by atoms with Crippen molar-refractivity contribution in [2.45, 2.75) is 13.0 Å². The highest BCUT2D eigenvalue weighted by atomic mass is 32.1. The van der Waals surface area contributed by atoms with Crippen LogP contribution in [0.1, 0.15) is 21.6 Å². The van der Waals surface area contributed by atoms with Crippen molar-refractivity contribution in [3.63, 3.8) is 0 Å². The van der Waals surface area contributed by atoms with Gasteiger partial charge in [-0.25, -0.2) is 4.98 Å². The van der Waals surface area contributed by atoms with Gasteiger partial charge < -0.3 is 5.11 Å². The molecule has 0 amide bonds. The summed E-state index contributed by atoms with van der Waals surface area (Å²) >= 11 is 3.13. The Kier molecular flexibility index (Phi) is 2.44. The summed E-state index contributed by atoms with van der Waals surface area (Å²) < 4.78 is 0. The highest BCUT2D eigenvalue weighted by Gasteiger charge is 2.12. The van der Waals surface area contributed by atoms with E-state index in [0.29, 0.717) is 0 Å². The van der Waals surface area contributed by atoms with Crippen molar-refractivity contribution in [3.8, 4) is 0 Å². The zero-order valence-corrected chi connectivity index (χ0v) is 8.73. The topological polar surface area (TPSA) is 33.1 Å². The summed E-state index contributed by atoms with van der Waals surface area (Å²) in [7, 11) is 0. The van der Waals surface area contributed by atoms with Crippen LogP contribution in [0.4, 0.5) is 0 Å². The number of rotatable bonds is 2. The van der Waals surface area contributed by atoms with Crippen LogP contribution in [0.2, 0.25) is 0 Å². The molecule has 4 heteroatoms. The number of aryl methyl sites for hydroxylation is 1. The van der Waals surface area contributed by atoms with E-state index in [4.69, 9.17) is 0 Å². The highest BCUT2D eigenvalue weighted by molar-refractivity contribution is 7.11. The molecule has 1 atom stereocenters. The molecule has 0 fully saturated rings. The summed E-state index contributed by atoms with van der Waals surface area (Å²) in [6.07, 6.45) is 1.24. The van der Waals surface area contributed by atoms with Gasteiger partial charge in [-0.05, 0) is 29.3 Å². The van der Waals surface area contributed by atoms with Gasteiger partial charge in [-0.1, -0.05) is 0 Å². The summed E-state index contributed by atoms with van der Waals surface area (Å²) in [5.74, 6) is 0. The summed E-state index contributed by atoms with van der Waals surface area (Å²) in [5.41, 5.74) is 0.952. The Morgan fingerprint density at radius 2 is 2.38 bits per heavy atom. The summed E-state index contributed by atoms with van der Waals surface area (Å²) in [6.45, 7) is 1.94. The number of thiophene rings is 1. The lowest BCUT2D eigenvalue weighted by Gasteiger charge is -2.03. The SMILES string of the molecule is Cc1ncc(C(O)c2ccsc2)s1. The van der Waals surface area contributed by atoms with Gasteiger partial charge in [0.25, 0.3) is 0 Å². The molecule has 0 radical (unpaired) electrons. The second-order valence-electron chi connectivity index (χ2n) is 2.74. The molecule has 1 N–H and O–H groups in total. The van der Waals surface area contributed by atoms with Crippen molar-refractivity contribution >= 4 is 22.7 Å². The average molecular weight is 211 g/mol. The van der Waals surface area contributed by atoms with E-state index in [0.717, 1.165) is 15.4 Å². The van der Waals surface area contributed by atoms with E-state index in [-0.39, 0.29) is 0 Å². The van der Waals surface area contributed by atoms with Crippen molar-refractivity contribution in [3.05, 3.63) is 38.5 Å². The molecule has 68 valence electrons. The number of hydrogen-bond donors (Lipinski definition) is 1.